The smallest absolute Gasteiger partial charge is 0.0960 e. The summed E-state index contributed by atoms with van der Waals surface area (Å²) in [5.41, 5.74) is 1.88. The van der Waals surface area contributed by atoms with Crippen molar-refractivity contribution in [1.82, 2.24) is 5.32 Å². The quantitative estimate of drug-likeness (QED) is 0.805. The minimum absolute atomic E-state index is 0.285. The van der Waals surface area contributed by atoms with E-state index >= 15 is 0 Å². The van der Waals surface area contributed by atoms with Crippen molar-refractivity contribution >= 4 is 11.3 Å². The highest BCUT2D eigenvalue weighted by atomic mass is 32.1. The van der Waals surface area contributed by atoms with Crippen molar-refractivity contribution in [2.24, 2.45) is 0 Å². The van der Waals surface area contributed by atoms with Crippen LogP contribution < -0.4 is 5.32 Å². The highest BCUT2D eigenvalue weighted by Gasteiger charge is 2.50. The van der Waals surface area contributed by atoms with Crippen LogP contribution in [0.4, 0.5) is 0 Å². The van der Waals surface area contributed by atoms with Gasteiger partial charge in [0.05, 0.1) is 12.7 Å². The molecule has 1 atom stereocenters. The van der Waals surface area contributed by atoms with Gasteiger partial charge in [0.15, 0.2) is 0 Å². The molecule has 0 radical (unpaired) electrons. The number of nitrogens with one attached hydrogen (secondary N) is 1. The second kappa shape index (κ2) is 3.05. The van der Waals surface area contributed by atoms with Crippen molar-refractivity contribution in [2.75, 3.05) is 20.2 Å². The van der Waals surface area contributed by atoms with Crippen LogP contribution in [0, 0.1) is 0 Å². The molecule has 2 heterocycles. The van der Waals surface area contributed by atoms with E-state index in [9.17, 15) is 0 Å². The van der Waals surface area contributed by atoms with Crippen LogP contribution in [-0.2, 0) is 10.2 Å². The third kappa shape index (κ3) is 1.16. The fourth-order valence-corrected chi connectivity index (χ4v) is 3.50. The Kier molecular flexibility index (Phi) is 1.94. The molecule has 3 heteroatoms. The van der Waals surface area contributed by atoms with Gasteiger partial charge in [0.2, 0.25) is 0 Å². The van der Waals surface area contributed by atoms with Crippen molar-refractivity contribution < 1.29 is 4.74 Å². The van der Waals surface area contributed by atoms with Gasteiger partial charge in [0, 0.05) is 16.8 Å². The predicted molar refractivity (Wildman–Crippen MR) is 57.9 cm³/mol. The molecule has 0 amide bonds. The number of hydrogen-bond donors (Lipinski definition) is 1. The second-order valence-corrected chi connectivity index (χ2v) is 5.26. The van der Waals surface area contributed by atoms with Crippen molar-refractivity contribution in [3.8, 4) is 0 Å². The van der Waals surface area contributed by atoms with Crippen LogP contribution in [0.2, 0.25) is 0 Å². The number of likely N-dealkylation sites (N-methyl/N-ethyl adjacent to an activating group) is 1. The number of ether oxygens (including phenoxy) is 1. The van der Waals surface area contributed by atoms with Crippen LogP contribution >= 0.6 is 11.3 Å². The van der Waals surface area contributed by atoms with Crippen molar-refractivity contribution in [2.45, 2.75) is 24.4 Å². The zero-order valence-electron chi connectivity index (χ0n) is 8.38. The maximum absolute atomic E-state index is 5.93. The lowest BCUT2D eigenvalue weighted by atomic mass is 9.96. The topological polar surface area (TPSA) is 21.3 Å². The Morgan fingerprint density at radius 1 is 1.64 bits per heavy atom. The molecule has 1 spiro atoms. The predicted octanol–water partition coefficient (Wildman–Crippen LogP) is 2.07. The third-order valence-electron chi connectivity index (χ3n) is 3.33. The lowest BCUT2D eigenvalue weighted by Crippen LogP contribution is -2.29. The Morgan fingerprint density at radius 3 is 3.21 bits per heavy atom. The molecule has 1 aromatic heterocycles. The molecular weight excluding hydrogens is 194 g/mol. The summed E-state index contributed by atoms with van der Waals surface area (Å²) in [6, 6.07) is 2.24. The van der Waals surface area contributed by atoms with Gasteiger partial charge in [-0.05, 0) is 36.9 Å². The molecule has 1 aromatic rings. The molecule has 1 saturated carbocycles. The van der Waals surface area contributed by atoms with Crippen LogP contribution in [0.25, 0.3) is 0 Å². The summed E-state index contributed by atoms with van der Waals surface area (Å²) in [5, 5.41) is 5.41. The van der Waals surface area contributed by atoms with Gasteiger partial charge in [-0.2, -0.15) is 0 Å². The van der Waals surface area contributed by atoms with Gasteiger partial charge < -0.3 is 10.1 Å². The Labute approximate surface area is 88.3 Å². The first-order valence-corrected chi connectivity index (χ1v) is 6.08. The van der Waals surface area contributed by atoms with Gasteiger partial charge in [-0.3, -0.25) is 0 Å². The molecule has 3 rings (SSSR count). The molecule has 1 aliphatic heterocycles. The Balaban J connectivity index is 1.96. The lowest BCUT2D eigenvalue weighted by Gasteiger charge is -2.29. The van der Waals surface area contributed by atoms with E-state index in [2.05, 4.69) is 16.8 Å². The first-order chi connectivity index (χ1) is 6.86. The van der Waals surface area contributed by atoms with E-state index in [1.807, 2.05) is 18.4 Å². The Morgan fingerprint density at radius 2 is 2.50 bits per heavy atom. The zero-order valence-corrected chi connectivity index (χ0v) is 9.19. The van der Waals surface area contributed by atoms with E-state index in [1.165, 1.54) is 18.4 Å². The molecular formula is C11H15NOS. The summed E-state index contributed by atoms with van der Waals surface area (Å²) in [7, 11) is 1.98. The maximum Gasteiger partial charge on any atom is 0.0960 e. The molecule has 0 bridgehead atoms. The van der Waals surface area contributed by atoms with E-state index in [4.69, 9.17) is 4.74 Å². The molecule has 2 aliphatic rings. The van der Waals surface area contributed by atoms with Crippen molar-refractivity contribution in [3.63, 3.8) is 0 Å². The summed E-state index contributed by atoms with van der Waals surface area (Å²) in [6.07, 6.45) is 2.94. The molecule has 14 heavy (non-hydrogen) atoms. The van der Waals surface area contributed by atoms with Crippen LogP contribution in [0.1, 0.15) is 29.4 Å². The number of rotatable bonds is 2. The Hall–Kier alpha value is -0.380. The lowest BCUT2D eigenvalue weighted by molar-refractivity contribution is 0.0248. The van der Waals surface area contributed by atoms with Gasteiger partial charge in [-0.25, -0.2) is 0 Å². The van der Waals surface area contributed by atoms with Crippen molar-refractivity contribution in [3.05, 3.63) is 21.9 Å². The van der Waals surface area contributed by atoms with Gasteiger partial charge in [-0.1, -0.05) is 0 Å². The van der Waals surface area contributed by atoms with Crippen LogP contribution in [0.15, 0.2) is 11.4 Å². The molecule has 0 saturated heterocycles. The molecule has 1 aliphatic carbocycles. The monoisotopic (exact) mass is 209 g/mol. The summed E-state index contributed by atoms with van der Waals surface area (Å²) in [5.74, 6) is 0. The number of hydrogen-bond acceptors (Lipinski definition) is 3. The summed E-state index contributed by atoms with van der Waals surface area (Å²) in [4.78, 5) is 1.60. The number of fused-ring (bicyclic) bond motifs is 2. The third-order valence-corrected chi connectivity index (χ3v) is 4.50. The van der Waals surface area contributed by atoms with Gasteiger partial charge in [-0.15, -0.1) is 11.3 Å². The van der Waals surface area contributed by atoms with Gasteiger partial charge >= 0.3 is 0 Å². The largest absolute Gasteiger partial charge is 0.371 e. The minimum atomic E-state index is 0.285. The van der Waals surface area contributed by atoms with E-state index in [0.29, 0.717) is 5.41 Å². The maximum atomic E-state index is 5.93. The van der Waals surface area contributed by atoms with E-state index in [-0.39, 0.29) is 6.10 Å². The molecule has 1 N–H and O–H groups in total. The van der Waals surface area contributed by atoms with E-state index in [1.54, 1.807) is 4.88 Å². The van der Waals surface area contributed by atoms with E-state index < -0.39 is 0 Å². The van der Waals surface area contributed by atoms with Crippen LogP contribution in [0.5, 0.6) is 0 Å². The first-order valence-electron chi connectivity index (χ1n) is 5.20. The molecule has 2 nitrogen and oxygen atoms in total. The van der Waals surface area contributed by atoms with Gasteiger partial charge in [0.1, 0.15) is 0 Å². The minimum Gasteiger partial charge on any atom is -0.371 e. The average molecular weight is 209 g/mol. The fourth-order valence-electron chi connectivity index (χ4n) is 2.30. The van der Waals surface area contributed by atoms with Crippen LogP contribution in [-0.4, -0.2) is 20.2 Å². The summed E-state index contributed by atoms with van der Waals surface area (Å²) >= 11 is 1.92. The van der Waals surface area contributed by atoms with Crippen LogP contribution in [0.3, 0.4) is 0 Å². The fraction of sp³-hybridized carbons (Fsp3) is 0.636. The number of thiophene rings is 1. The van der Waals surface area contributed by atoms with Crippen molar-refractivity contribution in [1.29, 1.82) is 0 Å². The van der Waals surface area contributed by atoms with E-state index in [0.717, 1.165) is 13.2 Å². The first kappa shape index (κ1) is 8.89. The zero-order chi connectivity index (χ0) is 9.60. The summed E-state index contributed by atoms with van der Waals surface area (Å²) in [6.45, 7) is 1.87. The molecule has 0 unspecified atom stereocenters. The normalized spacial score (nSPS) is 27.6. The molecule has 1 fully saturated rings. The average Bonchev–Trinajstić information content (AvgIpc) is 2.78. The standard InChI is InChI=1S/C11H15NOS/c1-12-6-9-8-2-5-14-10(8)11(3-4-11)7-13-9/h2,5,9,12H,3-4,6-7H2,1H3/t9-/m1/s1. The molecule has 0 aromatic carbocycles. The SMILES string of the molecule is CNC[C@H]1OCC2(CC2)c2sccc21. The summed E-state index contributed by atoms with van der Waals surface area (Å²) < 4.78 is 5.93. The highest BCUT2D eigenvalue weighted by Crippen LogP contribution is 2.55. The molecule has 76 valence electrons. The van der Waals surface area contributed by atoms with Gasteiger partial charge in [0.25, 0.3) is 0 Å². The Bertz CT molecular complexity index is 343. The second-order valence-electron chi connectivity index (χ2n) is 4.34. The highest BCUT2D eigenvalue weighted by molar-refractivity contribution is 7.10.